The highest BCUT2D eigenvalue weighted by atomic mass is 80.0. The van der Waals surface area contributed by atoms with E-state index in [4.69, 9.17) is 0 Å². The van der Waals surface area contributed by atoms with Gasteiger partial charge in [-0.2, -0.15) is 0 Å². The Morgan fingerprint density at radius 1 is 1.28 bits per heavy atom. The molecule has 1 N–H and O–H groups in total. The molecule has 1 aromatic heterocycles. The van der Waals surface area contributed by atoms with Gasteiger partial charge in [-0.15, -0.1) is 3.83 Å². The number of rotatable bonds is 3. The Balaban J connectivity index is 2.85. The van der Waals surface area contributed by atoms with E-state index in [1.54, 1.807) is 12.1 Å². The van der Waals surface area contributed by atoms with Crippen molar-refractivity contribution < 1.29 is 32.0 Å². The smallest absolute Gasteiger partial charge is 0.361 e. The fourth-order valence-electron chi connectivity index (χ4n) is 1.51. The lowest BCUT2D eigenvalue weighted by molar-refractivity contribution is -1.62. The number of nitrogens with zero attached hydrogens (tertiary/aromatic N) is 1. The van der Waals surface area contributed by atoms with Crippen LogP contribution in [0.15, 0.2) is 29.1 Å². The number of nitrogens with one attached hydrogen (secondary N) is 1. The molecule has 0 fully saturated rings. The number of pyridine rings is 1. The van der Waals surface area contributed by atoms with Crippen molar-refractivity contribution in [2.45, 2.75) is 0 Å². The van der Waals surface area contributed by atoms with Crippen LogP contribution in [0.2, 0.25) is 0 Å². The third kappa shape index (κ3) is 2.18. The lowest BCUT2D eigenvalue weighted by Crippen LogP contribution is -2.37. The summed E-state index contributed by atoms with van der Waals surface area (Å²) in [4.78, 5) is 23.6. The number of hydrogen-bond donors (Lipinski definition) is 1. The zero-order valence-corrected chi connectivity index (χ0v) is 10.2. The van der Waals surface area contributed by atoms with E-state index in [-0.39, 0.29) is 10.9 Å². The maximum Gasteiger partial charge on any atom is 0.501 e. The van der Waals surface area contributed by atoms with E-state index in [2.05, 4.69) is 8.81 Å². The van der Waals surface area contributed by atoms with Gasteiger partial charge in [0.2, 0.25) is 0 Å². The molecule has 94 valence electrons. The summed E-state index contributed by atoms with van der Waals surface area (Å²) in [6.07, 6.45) is 0. The molecular formula is C9H5BrN2O6. The van der Waals surface area contributed by atoms with Crippen molar-refractivity contribution in [3.63, 3.8) is 0 Å². The second-order valence-corrected chi connectivity index (χ2v) is 4.32. The number of aromatic amines is 1. The second kappa shape index (κ2) is 4.72. The number of hydrogen-bond acceptors (Lipinski definition) is 6. The monoisotopic (exact) mass is 316 g/mol. The average Bonchev–Trinajstić information content (AvgIpc) is 2.27. The van der Waals surface area contributed by atoms with Gasteiger partial charge in [-0.3, -0.25) is 14.9 Å². The van der Waals surface area contributed by atoms with Gasteiger partial charge in [0.05, 0.1) is 15.8 Å². The summed E-state index contributed by atoms with van der Waals surface area (Å²) in [5, 5.41) is 10.9. The minimum atomic E-state index is -3.73. The summed E-state index contributed by atoms with van der Waals surface area (Å²) in [6, 6.07) is 6.03. The molecule has 1 aromatic carbocycles. The number of halogens is 1. The zero-order chi connectivity index (χ0) is 13.3. The Bertz CT molecular complexity index is 668. The first-order valence-electron chi connectivity index (χ1n) is 4.54. The predicted molar refractivity (Wildman–Crippen MR) is 51.9 cm³/mol. The number of nitro groups is 1. The molecule has 0 aliphatic carbocycles. The number of para-hydroxylation sites is 1. The van der Waals surface area contributed by atoms with E-state index in [0.29, 0.717) is 0 Å². The molecule has 0 aliphatic rings. The molecular weight excluding hydrogens is 312 g/mol. The lowest BCUT2D eigenvalue weighted by Gasteiger charge is -2.01. The highest BCUT2D eigenvalue weighted by molar-refractivity contribution is 5.88. The van der Waals surface area contributed by atoms with Crippen LogP contribution in [0.1, 0.15) is 0 Å². The molecule has 0 saturated carbocycles. The Hall–Kier alpha value is -1.97. The number of fused-ring (bicyclic) bond motifs is 1. The topological polar surface area (TPSA) is 131 Å². The third-order valence-corrected chi connectivity index (χ3v) is 2.76. The maximum absolute atomic E-state index is 11.5. The normalized spacial score (nSPS) is 10.8. The van der Waals surface area contributed by atoms with Gasteiger partial charge in [-0.1, -0.05) is 12.1 Å². The first-order valence-corrected chi connectivity index (χ1v) is 6.48. The number of benzene rings is 1. The highest BCUT2D eigenvalue weighted by Gasteiger charge is 2.31. The molecule has 0 bridgehead atoms. The third-order valence-electron chi connectivity index (χ3n) is 2.17. The van der Waals surface area contributed by atoms with Crippen LogP contribution >= 0.6 is 0 Å². The largest absolute Gasteiger partial charge is 0.501 e. The van der Waals surface area contributed by atoms with E-state index < -0.39 is 36.7 Å². The van der Waals surface area contributed by atoms with Crippen molar-refractivity contribution in [2.75, 3.05) is 0 Å². The summed E-state index contributed by atoms with van der Waals surface area (Å²) < 4.78 is 25.7. The van der Waals surface area contributed by atoms with Crippen LogP contribution in [-0.2, 0) is 0 Å². The van der Waals surface area contributed by atoms with E-state index in [1.165, 1.54) is 12.1 Å². The first kappa shape index (κ1) is 12.5. The standard InChI is InChI=1S/C9H5BrN2O6/c13-9-7(12(16)17)8(18-10(14)15)5-3-1-2-4-6(5)11-9/h1-4H,(H,11,13). The summed E-state index contributed by atoms with van der Waals surface area (Å²) in [6.45, 7) is 0. The van der Waals surface area contributed by atoms with Crippen LogP contribution in [-0.4, -0.2) is 9.91 Å². The van der Waals surface area contributed by atoms with Crippen LogP contribution in [0.5, 0.6) is 5.75 Å². The Morgan fingerprint density at radius 3 is 2.56 bits per heavy atom. The summed E-state index contributed by atoms with van der Waals surface area (Å²) in [7, 11) is 0. The Labute approximate surface area is 104 Å². The van der Waals surface area contributed by atoms with Gasteiger partial charge in [-0.05, 0) is 12.1 Å². The average molecular weight is 317 g/mol. The van der Waals surface area contributed by atoms with Crippen molar-refractivity contribution >= 4 is 16.6 Å². The highest BCUT2D eigenvalue weighted by Crippen LogP contribution is 2.31. The first-order chi connectivity index (χ1) is 8.50. The van der Waals surface area contributed by atoms with Gasteiger partial charge in [-0.25, -0.2) is 0 Å². The molecule has 1 heterocycles. The molecule has 0 atom stereocenters. The molecule has 0 amide bonds. The Morgan fingerprint density at radius 2 is 1.94 bits per heavy atom. The van der Waals surface area contributed by atoms with Gasteiger partial charge in [0, 0.05) is 0 Å². The molecule has 0 unspecified atom stereocenters. The molecule has 9 heteroatoms. The molecule has 8 nitrogen and oxygen atoms in total. The van der Waals surface area contributed by atoms with E-state index in [1.807, 2.05) is 0 Å². The van der Waals surface area contributed by atoms with Crippen LogP contribution in [0.4, 0.5) is 5.69 Å². The predicted octanol–water partition coefficient (Wildman–Crippen LogP) is -1.10. The fourth-order valence-corrected chi connectivity index (χ4v) is 2.10. The van der Waals surface area contributed by atoms with Crippen molar-refractivity contribution in [2.24, 2.45) is 0 Å². The lowest BCUT2D eigenvalue weighted by atomic mass is 10.2. The summed E-state index contributed by atoms with van der Waals surface area (Å²) in [5.41, 5.74) is -1.69. The Kier molecular flexibility index (Phi) is 3.28. The van der Waals surface area contributed by atoms with E-state index >= 15 is 0 Å². The van der Waals surface area contributed by atoms with Crippen LogP contribution < -0.4 is 17.8 Å². The number of H-pyrrole nitrogens is 1. The van der Waals surface area contributed by atoms with Gasteiger partial charge in [0.15, 0.2) is 0 Å². The summed E-state index contributed by atoms with van der Waals surface area (Å²) in [5.74, 6) is -0.556. The SMILES string of the molecule is O=c1[nH]c2ccccc2c(O[Br+2]([O-])[O-])c1[N+](=O)[O-]. The van der Waals surface area contributed by atoms with Gasteiger partial charge in [0.25, 0.3) is 0 Å². The minimum Gasteiger partial charge on any atom is -0.361 e. The van der Waals surface area contributed by atoms with Crippen molar-refractivity contribution in [1.82, 2.24) is 4.98 Å². The van der Waals surface area contributed by atoms with Crippen molar-refractivity contribution in [1.29, 1.82) is 0 Å². The van der Waals surface area contributed by atoms with Gasteiger partial charge >= 0.3 is 31.8 Å². The number of aromatic nitrogens is 1. The molecule has 0 spiro atoms. The molecule has 0 radical (unpaired) electrons. The molecule has 2 aromatic rings. The van der Waals surface area contributed by atoms with Crippen molar-refractivity contribution in [3.05, 3.63) is 44.7 Å². The quantitative estimate of drug-likeness (QED) is 0.565. The molecule has 2 rings (SSSR count). The van der Waals surface area contributed by atoms with Crippen LogP contribution in [0, 0.1) is 24.9 Å². The zero-order valence-electron chi connectivity index (χ0n) is 8.58. The fraction of sp³-hybridized carbons (Fsp3) is 0. The van der Waals surface area contributed by atoms with Crippen LogP contribution in [0.25, 0.3) is 10.9 Å². The minimum absolute atomic E-state index is 0.152. The molecule has 0 saturated heterocycles. The van der Waals surface area contributed by atoms with E-state index in [9.17, 15) is 23.3 Å². The van der Waals surface area contributed by atoms with Crippen LogP contribution in [0.3, 0.4) is 0 Å². The van der Waals surface area contributed by atoms with Crippen molar-refractivity contribution in [3.8, 4) is 5.75 Å². The van der Waals surface area contributed by atoms with Gasteiger partial charge in [0.1, 0.15) is 0 Å². The summed E-state index contributed by atoms with van der Waals surface area (Å²) >= 11 is -3.73. The second-order valence-electron chi connectivity index (χ2n) is 3.20. The molecule has 18 heavy (non-hydrogen) atoms. The van der Waals surface area contributed by atoms with E-state index in [0.717, 1.165) is 0 Å². The van der Waals surface area contributed by atoms with Gasteiger partial charge < -0.3 is 13.4 Å². The molecule has 0 aliphatic heterocycles. The maximum atomic E-state index is 11.5.